The molecule has 0 bridgehead atoms. The highest BCUT2D eigenvalue weighted by molar-refractivity contribution is 4.79. The van der Waals surface area contributed by atoms with Crippen LogP contribution in [0, 0.1) is 5.41 Å². The van der Waals surface area contributed by atoms with E-state index in [-0.39, 0.29) is 0 Å². The van der Waals surface area contributed by atoms with Crippen LogP contribution in [0.5, 0.6) is 0 Å². The Morgan fingerprint density at radius 2 is 1.75 bits per heavy atom. The van der Waals surface area contributed by atoms with Gasteiger partial charge < -0.3 is 10.2 Å². The number of hydrogen-bond acceptors (Lipinski definition) is 2. The molecule has 1 atom stereocenters. The minimum Gasteiger partial charge on any atom is -0.316 e. The first kappa shape index (κ1) is 11.9. The Morgan fingerprint density at radius 1 is 1.25 bits per heavy atom. The van der Waals surface area contributed by atoms with Gasteiger partial charge in [0.05, 0.1) is 0 Å². The SMILES string of the molecule is CNC(CCN(C)C)C(C)(C)C. The van der Waals surface area contributed by atoms with Gasteiger partial charge in [-0.05, 0) is 39.5 Å². The molecule has 2 nitrogen and oxygen atoms in total. The minimum absolute atomic E-state index is 0.366. The van der Waals surface area contributed by atoms with Crippen molar-refractivity contribution in [2.24, 2.45) is 5.41 Å². The smallest absolute Gasteiger partial charge is 0.0125 e. The first-order valence-corrected chi connectivity index (χ1v) is 4.70. The maximum absolute atomic E-state index is 3.37. The molecule has 0 aromatic heterocycles. The van der Waals surface area contributed by atoms with Crippen LogP contribution in [0.4, 0.5) is 0 Å². The van der Waals surface area contributed by atoms with Gasteiger partial charge in [-0.1, -0.05) is 20.8 Å². The first-order valence-electron chi connectivity index (χ1n) is 4.70. The lowest BCUT2D eigenvalue weighted by Gasteiger charge is -2.31. The third kappa shape index (κ3) is 4.73. The molecule has 1 unspecified atom stereocenters. The third-order valence-corrected chi connectivity index (χ3v) is 2.26. The zero-order valence-electron chi connectivity index (χ0n) is 9.44. The highest BCUT2D eigenvalue weighted by atomic mass is 15.1. The zero-order chi connectivity index (χ0) is 9.78. The second kappa shape index (κ2) is 4.83. The van der Waals surface area contributed by atoms with E-state index < -0.39 is 0 Å². The molecule has 0 saturated heterocycles. The van der Waals surface area contributed by atoms with E-state index in [1.807, 2.05) is 7.05 Å². The molecule has 12 heavy (non-hydrogen) atoms. The normalized spacial score (nSPS) is 15.2. The fourth-order valence-corrected chi connectivity index (χ4v) is 1.40. The summed E-state index contributed by atoms with van der Waals surface area (Å²) in [6.45, 7) is 8.00. The lowest BCUT2D eigenvalue weighted by Crippen LogP contribution is -2.40. The molecule has 0 aliphatic rings. The van der Waals surface area contributed by atoms with Crippen molar-refractivity contribution in [2.45, 2.75) is 33.2 Å². The van der Waals surface area contributed by atoms with E-state index in [2.05, 4.69) is 45.1 Å². The maximum Gasteiger partial charge on any atom is 0.0125 e. The summed E-state index contributed by atoms with van der Waals surface area (Å²) in [5.41, 5.74) is 0.366. The van der Waals surface area contributed by atoms with Crippen LogP contribution in [0.2, 0.25) is 0 Å². The van der Waals surface area contributed by atoms with Gasteiger partial charge in [-0.25, -0.2) is 0 Å². The predicted octanol–water partition coefficient (Wildman–Crippen LogP) is 1.57. The predicted molar refractivity (Wildman–Crippen MR) is 55.5 cm³/mol. The number of nitrogens with zero attached hydrogens (tertiary/aromatic N) is 1. The summed E-state index contributed by atoms with van der Waals surface area (Å²) in [4.78, 5) is 2.23. The van der Waals surface area contributed by atoms with Crippen molar-refractivity contribution in [1.29, 1.82) is 0 Å². The topological polar surface area (TPSA) is 15.3 Å². The van der Waals surface area contributed by atoms with E-state index >= 15 is 0 Å². The Hall–Kier alpha value is -0.0800. The summed E-state index contributed by atoms with van der Waals surface area (Å²) in [6, 6.07) is 0.611. The maximum atomic E-state index is 3.37. The Bertz CT molecular complexity index is 113. The largest absolute Gasteiger partial charge is 0.316 e. The van der Waals surface area contributed by atoms with Crippen LogP contribution in [-0.4, -0.2) is 38.6 Å². The number of rotatable bonds is 4. The fraction of sp³-hybridized carbons (Fsp3) is 1.00. The molecule has 0 fully saturated rings. The van der Waals surface area contributed by atoms with Crippen LogP contribution < -0.4 is 5.32 Å². The van der Waals surface area contributed by atoms with Gasteiger partial charge in [-0.15, -0.1) is 0 Å². The molecule has 0 rings (SSSR count). The Morgan fingerprint density at radius 3 is 2.00 bits per heavy atom. The molecule has 0 aromatic rings. The van der Waals surface area contributed by atoms with Crippen molar-refractivity contribution in [2.75, 3.05) is 27.7 Å². The van der Waals surface area contributed by atoms with Gasteiger partial charge >= 0.3 is 0 Å². The van der Waals surface area contributed by atoms with Gasteiger partial charge in [0.15, 0.2) is 0 Å². The van der Waals surface area contributed by atoms with E-state index in [4.69, 9.17) is 0 Å². The quantitative estimate of drug-likeness (QED) is 0.692. The van der Waals surface area contributed by atoms with Crippen LogP contribution in [-0.2, 0) is 0 Å². The summed E-state index contributed by atoms with van der Waals surface area (Å²) in [5, 5.41) is 3.37. The average molecular weight is 172 g/mol. The lowest BCUT2D eigenvalue weighted by atomic mass is 9.85. The van der Waals surface area contributed by atoms with Crippen molar-refractivity contribution in [3.05, 3.63) is 0 Å². The molecular formula is C10H24N2. The molecule has 2 heteroatoms. The Balaban J connectivity index is 3.84. The molecule has 0 aliphatic heterocycles. The molecule has 0 spiro atoms. The second-order valence-electron chi connectivity index (χ2n) is 4.80. The van der Waals surface area contributed by atoms with Crippen molar-refractivity contribution in [3.63, 3.8) is 0 Å². The van der Waals surface area contributed by atoms with Gasteiger partial charge in [-0.3, -0.25) is 0 Å². The summed E-state index contributed by atoms with van der Waals surface area (Å²) < 4.78 is 0. The lowest BCUT2D eigenvalue weighted by molar-refractivity contribution is 0.243. The summed E-state index contributed by atoms with van der Waals surface area (Å²) in [7, 11) is 6.29. The summed E-state index contributed by atoms with van der Waals surface area (Å²) >= 11 is 0. The van der Waals surface area contributed by atoms with Crippen LogP contribution >= 0.6 is 0 Å². The van der Waals surface area contributed by atoms with E-state index in [1.54, 1.807) is 0 Å². The minimum atomic E-state index is 0.366. The van der Waals surface area contributed by atoms with E-state index in [9.17, 15) is 0 Å². The molecule has 0 aromatic carbocycles. The Kier molecular flexibility index (Phi) is 4.80. The van der Waals surface area contributed by atoms with Crippen molar-refractivity contribution < 1.29 is 0 Å². The molecular weight excluding hydrogens is 148 g/mol. The van der Waals surface area contributed by atoms with Crippen molar-refractivity contribution in [3.8, 4) is 0 Å². The molecule has 1 N–H and O–H groups in total. The van der Waals surface area contributed by atoms with Gasteiger partial charge in [0.1, 0.15) is 0 Å². The van der Waals surface area contributed by atoms with Gasteiger partial charge in [0, 0.05) is 6.04 Å². The van der Waals surface area contributed by atoms with Crippen LogP contribution in [0.3, 0.4) is 0 Å². The first-order chi connectivity index (χ1) is 5.38. The molecule has 0 radical (unpaired) electrons. The summed E-state index contributed by atoms with van der Waals surface area (Å²) in [6.07, 6.45) is 1.22. The molecule has 0 aliphatic carbocycles. The molecule has 0 heterocycles. The molecule has 0 amide bonds. The number of nitrogens with one attached hydrogen (secondary N) is 1. The highest BCUT2D eigenvalue weighted by Gasteiger charge is 2.22. The van der Waals surface area contributed by atoms with E-state index in [0.717, 1.165) is 6.54 Å². The Labute approximate surface area is 77.3 Å². The monoisotopic (exact) mass is 172 g/mol. The molecule has 0 saturated carbocycles. The number of hydrogen-bond donors (Lipinski definition) is 1. The van der Waals surface area contributed by atoms with Gasteiger partial charge in [-0.2, -0.15) is 0 Å². The van der Waals surface area contributed by atoms with E-state index in [0.29, 0.717) is 11.5 Å². The summed E-state index contributed by atoms with van der Waals surface area (Å²) in [5.74, 6) is 0. The fourth-order valence-electron chi connectivity index (χ4n) is 1.40. The molecule has 74 valence electrons. The van der Waals surface area contributed by atoms with Gasteiger partial charge in [0.25, 0.3) is 0 Å². The van der Waals surface area contributed by atoms with Crippen LogP contribution in [0.15, 0.2) is 0 Å². The van der Waals surface area contributed by atoms with Gasteiger partial charge in [0.2, 0.25) is 0 Å². The second-order valence-corrected chi connectivity index (χ2v) is 4.80. The van der Waals surface area contributed by atoms with E-state index in [1.165, 1.54) is 6.42 Å². The highest BCUT2D eigenvalue weighted by Crippen LogP contribution is 2.21. The van der Waals surface area contributed by atoms with Crippen LogP contribution in [0.25, 0.3) is 0 Å². The van der Waals surface area contributed by atoms with Crippen LogP contribution in [0.1, 0.15) is 27.2 Å². The van der Waals surface area contributed by atoms with Crippen molar-refractivity contribution in [1.82, 2.24) is 10.2 Å². The standard InChI is InChI=1S/C10H24N2/c1-10(2,3)9(11-4)7-8-12(5)6/h9,11H,7-8H2,1-6H3. The zero-order valence-corrected chi connectivity index (χ0v) is 9.44. The van der Waals surface area contributed by atoms with Crippen molar-refractivity contribution >= 4 is 0 Å². The average Bonchev–Trinajstić information content (AvgIpc) is 1.85. The third-order valence-electron chi connectivity index (χ3n) is 2.26.